The summed E-state index contributed by atoms with van der Waals surface area (Å²) < 4.78 is 7.04. The number of aliphatic hydroxyl groups is 1. The molecule has 0 aliphatic heterocycles. The lowest BCUT2D eigenvalue weighted by molar-refractivity contribution is 0.207. The number of nitrogens with zero attached hydrogens (tertiary/aromatic N) is 2. The minimum atomic E-state index is -0.671. The highest BCUT2D eigenvalue weighted by Gasteiger charge is 2.18. The number of hydrogen-bond acceptors (Lipinski definition) is 3. The number of aliphatic hydroxyl groups excluding tert-OH is 1. The molecule has 0 fully saturated rings. The Balaban J connectivity index is 2.40. The van der Waals surface area contributed by atoms with Gasteiger partial charge in [0.25, 0.3) is 0 Å². The standard InChI is InChI=1S/C11H14N2O2/c1-7-6-9(8(2)15-7)11(14)10-4-5-12-13(10)3/h4-6,11,14H,1-3H3. The topological polar surface area (TPSA) is 51.2 Å². The normalized spacial score (nSPS) is 13.1. The minimum Gasteiger partial charge on any atom is -0.466 e. The summed E-state index contributed by atoms with van der Waals surface area (Å²) in [6.07, 6.45) is 0.996. The van der Waals surface area contributed by atoms with Gasteiger partial charge in [0.15, 0.2) is 0 Å². The fraction of sp³-hybridized carbons (Fsp3) is 0.364. The first-order valence-corrected chi connectivity index (χ1v) is 4.82. The van der Waals surface area contributed by atoms with Crippen molar-refractivity contribution in [2.45, 2.75) is 20.0 Å². The van der Waals surface area contributed by atoms with Crippen LogP contribution in [0.25, 0.3) is 0 Å². The molecule has 1 unspecified atom stereocenters. The zero-order valence-electron chi connectivity index (χ0n) is 9.06. The monoisotopic (exact) mass is 206 g/mol. The summed E-state index contributed by atoms with van der Waals surface area (Å²) in [5, 5.41) is 14.2. The second kappa shape index (κ2) is 3.55. The minimum absolute atomic E-state index is 0.671. The van der Waals surface area contributed by atoms with Gasteiger partial charge in [-0.3, -0.25) is 4.68 Å². The zero-order chi connectivity index (χ0) is 11.0. The van der Waals surface area contributed by atoms with Crippen molar-refractivity contribution in [3.05, 3.63) is 41.1 Å². The Labute approximate surface area is 88.1 Å². The van der Waals surface area contributed by atoms with Gasteiger partial charge in [-0.2, -0.15) is 5.10 Å². The first-order chi connectivity index (χ1) is 7.09. The summed E-state index contributed by atoms with van der Waals surface area (Å²) in [5.41, 5.74) is 1.56. The van der Waals surface area contributed by atoms with Gasteiger partial charge in [-0.15, -0.1) is 0 Å². The highest BCUT2D eigenvalue weighted by atomic mass is 16.3. The molecule has 0 aliphatic rings. The van der Waals surface area contributed by atoms with Crippen LogP contribution < -0.4 is 0 Å². The third-order valence-corrected chi connectivity index (χ3v) is 2.51. The highest BCUT2D eigenvalue weighted by molar-refractivity contribution is 5.29. The maximum atomic E-state index is 10.1. The Bertz CT molecular complexity index is 471. The summed E-state index contributed by atoms with van der Waals surface area (Å²) in [6.45, 7) is 3.72. The smallest absolute Gasteiger partial charge is 0.124 e. The van der Waals surface area contributed by atoms with Crippen LogP contribution in [0.2, 0.25) is 0 Å². The Morgan fingerprint density at radius 1 is 1.47 bits per heavy atom. The lowest BCUT2D eigenvalue weighted by Gasteiger charge is -2.09. The van der Waals surface area contributed by atoms with Crippen LogP contribution in [0.4, 0.5) is 0 Å². The van der Waals surface area contributed by atoms with Crippen molar-refractivity contribution in [3.63, 3.8) is 0 Å². The molecule has 0 aromatic carbocycles. The number of furan rings is 1. The van der Waals surface area contributed by atoms with Gasteiger partial charge in [-0.1, -0.05) is 0 Å². The summed E-state index contributed by atoms with van der Waals surface area (Å²) in [7, 11) is 1.81. The Hall–Kier alpha value is -1.55. The van der Waals surface area contributed by atoms with E-state index in [1.54, 1.807) is 24.0 Å². The van der Waals surface area contributed by atoms with E-state index in [-0.39, 0.29) is 0 Å². The third kappa shape index (κ3) is 1.68. The fourth-order valence-corrected chi connectivity index (χ4v) is 1.73. The number of rotatable bonds is 2. The predicted octanol–water partition coefficient (Wildman–Crippen LogP) is 1.71. The largest absolute Gasteiger partial charge is 0.466 e. The van der Waals surface area contributed by atoms with E-state index in [2.05, 4.69) is 5.10 Å². The van der Waals surface area contributed by atoms with Crippen molar-refractivity contribution in [1.29, 1.82) is 0 Å². The fourth-order valence-electron chi connectivity index (χ4n) is 1.73. The van der Waals surface area contributed by atoms with Crippen LogP contribution in [-0.4, -0.2) is 14.9 Å². The first-order valence-electron chi connectivity index (χ1n) is 4.82. The first kappa shape index (κ1) is 9.98. The van der Waals surface area contributed by atoms with Gasteiger partial charge in [0, 0.05) is 18.8 Å². The summed E-state index contributed by atoms with van der Waals surface area (Å²) in [4.78, 5) is 0. The molecule has 0 amide bonds. The van der Waals surface area contributed by atoms with E-state index in [9.17, 15) is 5.11 Å². The number of hydrogen-bond donors (Lipinski definition) is 1. The zero-order valence-corrected chi connectivity index (χ0v) is 9.06. The lowest BCUT2D eigenvalue weighted by Crippen LogP contribution is -2.06. The molecule has 15 heavy (non-hydrogen) atoms. The van der Waals surface area contributed by atoms with Crippen molar-refractivity contribution < 1.29 is 9.52 Å². The van der Waals surface area contributed by atoms with Crippen LogP contribution in [0.3, 0.4) is 0 Å². The molecule has 0 spiro atoms. The molecule has 1 atom stereocenters. The molecule has 0 saturated heterocycles. The average Bonchev–Trinajstić information content (AvgIpc) is 2.71. The summed E-state index contributed by atoms with van der Waals surface area (Å²) >= 11 is 0. The van der Waals surface area contributed by atoms with Crippen LogP contribution in [0.5, 0.6) is 0 Å². The van der Waals surface area contributed by atoms with Gasteiger partial charge in [0.05, 0.1) is 5.69 Å². The van der Waals surface area contributed by atoms with E-state index in [0.29, 0.717) is 0 Å². The van der Waals surface area contributed by atoms with Crippen LogP contribution in [0.1, 0.15) is 28.9 Å². The SMILES string of the molecule is Cc1cc(C(O)c2ccnn2C)c(C)o1. The maximum absolute atomic E-state index is 10.1. The number of aryl methyl sites for hydroxylation is 3. The molecule has 0 radical (unpaired) electrons. The average molecular weight is 206 g/mol. The van der Waals surface area contributed by atoms with Gasteiger partial charge < -0.3 is 9.52 Å². The van der Waals surface area contributed by atoms with E-state index < -0.39 is 6.10 Å². The molecule has 2 rings (SSSR count). The molecule has 0 bridgehead atoms. The van der Waals surface area contributed by atoms with Gasteiger partial charge in [0.1, 0.15) is 17.6 Å². The van der Waals surface area contributed by atoms with Crippen LogP contribution in [0.15, 0.2) is 22.7 Å². The maximum Gasteiger partial charge on any atom is 0.124 e. The molecular weight excluding hydrogens is 192 g/mol. The molecule has 80 valence electrons. The Morgan fingerprint density at radius 3 is 2.67 bits per heavy atom. The van der Waals surface area contributed by atoms with E-state index in [4.69, 9.17) is 4.42 Å². The van der Waals surface area contributed by atoms with Gasteiger partial charge in [0.2, 0.25) is 0 Å². The van der Waals surface area contributed by atoms with E-state index in [0.717, 1.165) is 22.8 Å². The molecule has 0 saturated carbocycles. The third-order valence-electron chi connectivity index (χ3n) is 2.51. The van der Waals surface area contributed by atoms with Gasteiger partial charge in [-0.05, 0) is 26.0 Å². The lowest BCUT2D eigenvalue weighted by atomic mass is 10.1. The van der Waals surface area contributed by atoms with Crippen molar-refractivity contribution >= 4 is 0 Å². The van der Waals surface area contributed by atoms with Crippen LogP contribution in [-0.2, 0) is 7.05 Å². The molecule has 1 N–H and O–H groups in total. The predicted molar refractivity (Wildman–Crippen MR) is 55.5 cm³/mol. The molecule has 4 heteroatoms. The molecule has 4 nitrogen and oxygen atoms in total. The van der Waals surface area contributed by atoms with E-state index in [1.165, 1.54) is 0 Å². The molecule has 2 aromatic heterocycles. The number of aromatic nitrogens is 2. The molecule has 0 aliphatic carbocycles. The van der Waals surface area contributed by atoms with Crippen LogP contribution >= 0.6 is 0 Å². The highest BCUT2D eigenvalue weighted by Crippen LogP contribution is 2.26. The van der Waals surface area contributed by atoms with E-state index >= 15 is 0 Å². The molecular formula is C11H14N2O2. The Kier molecular flexibility index (Phi) is 2.36. The van der Waals surface area contributed by atoms with Crippen molar-refractivity contribution in [1.82, 2.24) is 9.78 Å². The molecule has 2 aromatic rings. The van der Waals surface area contributed by atoms with Gasteiger partial charge >= 0.3 is 0 Å². The van der Waals surface area contributed by atoms with Crippen molar-refractivity contribution in [3.8, 4) is 0 Å². The van der Waals surface area contributed by atoms with Crippen molar-refractivity contribution in [2.24, 2.45) is 7.05 Å². The van der Waals surface area contributed by atoms with Gasteiger partial charge in [-0.25, -0.2) is 0 Å². The van der Waals surface area contributed by atoms with Crippen LogP contribution in [0, 0.1) is 13.8 Å². The quantitative estimate of drug-likeness (QED) is 0.813. The van der Waals surface area contributed by atoms with Crippen molar-refractivity contribution in [2.75, 3.05) is 0 Å². The summed E-state index contributed by atoms with van der Waals surface area (Å²) in [6, 6.07) is 3.65. The second-order valence-electron chi connectivity index (χ2n) is 3.65. The molecule has 2 heterocycles. The van der Waals surface area contributed by atoms with E-state index in [1.807, 2.05) is 19.9 Å². The second-order valence-corrected chi connectivity index (χ2v) is 3.65. The summed E-state index contributed by atoms with van der Waals surface area (Å²) in [5.74, 6) is 1.56. The Morgan fingerprint density at radius 2 is 2.20 bits per heavy atom.